The molecule has 106 valence electrons. The van der Waals surface area contributed by atoms with E-state index in [2.05, 4.69) is 11.8 Å². The van der Waals surface area contributed by atoms with E-state index in [1.54, 1.807) is 0 Å². The van der Waals surface area contributed by atoms with E-state index in [1.807, 2.05) is 31.2 Å². The zero-order valence-corrected chi connectivity index (χ0v) is 12.0. The number of aryl methyl sites for hydroxylation is 1. The first-order chi connectivity index (χ1) is 9.15. The van der Waals surface area contributed by atoms with E-state index in [4.69, 9.17) is 4.74 Å². The Labute approximate surface area is 116 Å². The molecule has 1 aromatic rings. The SMILES string of the molecule is Cc1ccccc1OC[C@@H](O)CN1CCC[C@@H](C)C1. The van der Waals surface area contributed by atoms with Crippen molar-refractivity contribution in [2.24, 2.45) is 5.92 Å². The normalized spacial score (nSPS) is 22.2. The van der Waals surface area contributed by atoms with Crippen molar-refractivity contribution in [3.05, 3.63) is 29.8 Å². The molecule has 1 aromatic carbocycles. The third-order valence-electron chi connectivity index (χ3n) is 3.73. The van der Waals surface area contributed by atoms with E-state index in [-0.39, 0.29) is 0 Å². The van der Waals surface area contributed by atoms with Crippen LogP contribution < -0.4 is 4.74 Å². The van der Waals surface area contributed by atoms with Crippen molar-refractivity contribution in [1.29, 1.82) is 0 Å². The second kappa shape index (κ2) is 6.92. The largest absolute Gasteiger partial charge is 0.491 e. The number of benzene rings is 1. The van der Waals surface area contributed by atoms with Crippen LogP contribution in [0.15, 0.2) is 24.3 Å². The topological polar surface area (TPSA) is 32.7 Å². The van der Waals surface area contributed by atoms with Crippen molar-refractivity contribution in [3.8, 4) is 5.75 Å². The highest BCUT2D eigenvalue weighted by atomic mass is 16.5. The average Bonchev–Trinajstić information content (AvgIpc) is 2.38. The first-order valence-electron chi connectivity index (χ1n) is 7.24. The molecule has 2 atom stereocenters. The minimum atomic E-state index is -0.412. The Morgan fingerprint density at radius 2 is 2.21 bits per heavy atom. The van der Waals surface area contributed by atoms with E-state index < -0.39 is 6.10 Å². The van der Waals surface area contributed by atoms with Crippen LogP contribution in [0, 0.1) is 12.8 Å². The van der Waals surface area contributed by atoms with Crippen LogP contribution in [0.4, 0.5) is 0 Å². The van der Waals surface area contributed by atoms with Gasteiger partial charge >= 0.3 is 0 Å². The Morgan fingerprint density at radius 1 is 1.42 bits per heavy atom. The first-order valence-corrected chi connectivity index (χ1v) is 7.24. The smallest absolute Gasteiger partial charge is 0.122 e. The fourth-order valence-electron chi connectivity index (χ4n) is 2.71. The Morgan fingerprint density at radius 3 is 2.95 bits per heavy atom. The molecule has 3 nitrogen and oxygen atoms in total. The van der Waals surface area contributed by atoms with Crippen molar-refractivity contribution >= 4 is 0 Å². The van der Waals surface area contributed by atoms with Gasteiger partial charge in [0.15, 0.2) is 0 Å². The Hall–Kier alpha value is -1.06. The highest BCUT2D eigenvalue weighted by Gasteiger charge is 2.19. The predicted octanol–water partition coefficient (Wildman–Crippen LogP) is 2.47. The van der Waals surface area contributed by atoms with Gasteiger partial charge in [0.05, 0.1) is 0 Å². The number of likely N-dealkylation sites (tertiary alicyclic amines) is 1. The van der Waals surface area contributed by atoms with Crippen molar-refractivity contribution in [3.63, 3.8) is 0 Å². The molecule has 1 heterocycles. The number of ether oxygens (including phenoxy) is 1. The van der Waals surface area contributed by atoms with Crippen molar-refractivity contribution < 1.29 is 9.84 Å². The molecule has 0 aromatic heterocycles. The molecule has 0 radical (unpaired) electrons. The van der Waals surface area contributed by atoms with Crippen LogP contribution in [0.25, 0.3) is 0 Å². The Bertz CT molecular complexity index is 394. The van der Waals surface area contributed by atoms with Gasteiger partial charge in [-0.3, -0.25) is 0 Å². The molecular formula is C16H25NO2. The zero-order chi connectivity index (χ0) is 13.7. The lowest BCUT2D eigenvalue weighted by molar-refractivity contribution is 0.0535. The number of aliphatic hydroxyl groups excluding tert-OH is 1. The summed E-state index contributed by atoms with van der Waals surface area (Å²) < 4.78 is 5.69. The zero-order valence-electron chi connectivity index (χ0n) is 12.0. The number of hydrogen-bond donors (Lipinski definition) is 1. The average molecular weight is 263 g/mol. The highest BCUT2D eigenvalue weighted by Crippen LogP contribution is 2.18. The monoisotopic (exact) mass is 263 g/mol. The molecule has 0 saturated carbocycles. The Balaban J connectivity index is 1.75. The first kappa shape index (κ1) is 14.4. The molecule has 0 bridgehead atoms. The lowest BCUT2D eigenvalue weighted by Crippen LogP contribution is -2.41. The van der Waals surface area contributed by atoms with Gasteiger partial charge in [0.2, 0.25) is 0 Å². The molecular weight excluding hydrogens is 238 g/mol. The number of para-hydroxylation sites is 1. The lowest BCUT2D eigenvalue weighted by Gasteiger charge is -2.32. The second-order valence-electron chi connectivity index (χ2n) is 5.74. The summed E-state index contributed by atoms with van der Waals surface area (Å²) in [5, 5.41) is 10.1. The summed E-state index contributed by atoms with van der Waals surface area (Å²) in [6.45, 7) is 7.59. The fraction of sp³-hybridized carbons (Fsp3) is 0.625. The van der Waals surface area contributed by atoms with Gasteiger partial charge in [-0.05, 0) is 43.9 Å². The number of β-amino-alcohol motifs (C(OH)–C–C–N with tert-alkyl or cyclic N) is 1. The van der Waals surface area contributed by atoms with Crippen LogP contribution in [0.3, 0.4) is 0 Å². The molecule has 1 N–H and O–H groups in total. The van der Waals surface area contributed by atoms with E-state index >= 15 is 0 Å². The maximum absolute atomic E-state index is 10.1. The Kier molecular flexibility index (Phi) is 5.23. The van der Waals surface area contributed by atoms with E-state index in [9.17, 15) is 5.11 Å². The highest BCUT2D eigenvalue weighted by molar-refractivity contribution is 5.31. The number of nitrogens with zero attached hydrogens (tertiary/aromatic N) is 1. The minimum absolute atomic E-state index is 0.371. The summed E-state index contributed by atoms with van der Waals surface area (Å²) in [5.41, 5.74) is 1.11. The van der Waals surface area contributed by atoms with Gasteiger partial charge in [0, 0.05) is 13.1 Å². The maximum atomic E-state index is 10.1. The number of aliphatic hydroxyl groups is 1. The summed E-state index contributed by atoms with van der Waals surface area (Å²) in [5.74, 6) is 1.62. The van der Waals surface area contributed by atoms with Crippen molar-refractivity contribution in [2.75, 3.05) is 26.2 Å². The minimum Gasteiger partial charge on any atom is -0.491 e. The van der Waals surface area contributed by atoms with E-state index in [1.165, 1.54) is 12.8 Å². The van der Waals surface area contributed by atoms with Crippen LogP contribution in [0.2, 0.25) is 0 Å². The van der Waals surface area contributed by atoms with Gasteiger partial charge in [-0.25, -0.2) is 0 Å². The van der Waals surface area contributed by atoms with Crippen LogP contribution in [-0.2, 0) is 0 Å². The maximum Gasteiger partial charge on any atom is 0.122 e. The van der Waals surface area contributed by atoms with Gasteiger partial charge < -0.3 is 14.7 Å². The summed E-state index contributed by atoms with van der Waals surface area (Å²) in [6.07, 6.45) is 2.14. The van der Waals surface area contributed by atoms with Crippen LogP contribution in [0.1, 0.15) is 25.3 Å². The quantitative estimate of drug-likeness (QED) is 0.886. The van der Waals surface area contributed by atoms with Gasteiger partial charge in [-0.15, -0.1) is 0 Å². The summed E-state index contributed by atoms with van der Waals surface area (Å²) in [7, 11) is 0. The summed E-state index contributed by atoms with van der Waals surface area (Å²) in [4.78, 5) is 2.35. The lowest BCUT2D eigenvalue weighted by atomic mass is 10.0. The third-order valence-corrected chi connectivity index (χ3v) is 3.73. The predicted molar refractivity (Wildman–Crippen MR) is 77.5 cm³/mol. The van der Waals surface area contributed by atoms with E-state index in [0.717, 1.165) is 36.9 Å². The van der Waals surface area contributed by atoms with E-state index in [0.29, 0.717) is 6.61 Å². The molecule has 0 aliphatic carbocycles. The molecule has 0 spiro atoms. The van der Waals surface area contributed by atoms with Gasteiger partial charge in [0.1, 0.15) is 18.5 Å². The molecule has 2 rings (SSSR count). The van der Waals surface area contributed by atoms with Crippen molar-refractivity contribution in [1.82, 2.24) is 4.90 Å². The van der Waals surface area contributed by atoms with Crippen LogP contribution >= 0.6 is 0 Å². The molecule has 1 saturated heterocycles. The molecule has 1 aliphatic rings. The number of rotatable bonds is 5. The molecule has 3 heteroatoms. The molecule has 0 unspecified atom stereocenters. The molecule has 1 aliphatic heterocycles. The molecule has 19 heavy (non-hydrogen) atoms. The standard InChI is InChI=1S/C16H25NO2/c1-13-6-5-9-17(10-13)11-15(18)12-19-16-8-4-3-7-14(16)2/h3-4,7-8,13,15,18H,5-6,9-12H2,1-2H3/t13-,15+/m1/s1. The fourth-order valence-corrected chi connectivity index (χ4v) is 2.71. The van der Waals surface area contributed by atoms with Crippen LogP contribution in [0.5, 0.6) is 5.75 Å². The van der Waals surface area contributed by atoms with Gasteiger partial charge in [-0.2, -0.15) is 0 Å². The summed E-state index contributed by atoms with van der Waals surface area (Å²) >= 11 is 0. The molecule has 1 fully saturated rings. The van der Waals surface area contributed by atoms with Gasteiger partial charge in [0.25, 0.3) is 0 Å². The molecule has 0 amide bonds. The number of hydrogen-bond acceptors (Lipinski definition) is 3. The third kappa shape index (κ3) is 4.51. The van der Waals surface area contributed by atoms with Crippen molar-refractivity contribution in [2.45, 2.75) is 32.8 Å². The number of piperidine rings is 1. The van der Waals surface area contributed by atoms with Crippen LogP contribution in [-0.4, -0.2) is 42.4 Å². The second-order valence-corrected chi connectivity index (χ2v) is 5.74. The summed E-state index contributed by atoms with van der Waals surface area (Å²) in [6, 6.07) is 7.92. The van der Waals surface area contributed by atoms with Gasteiger partial charge in [-0.1, -0.05) is 25.1 Å².